The normalized spacial score (nSPS) is 21.3. The summed E-state index contributed by atoms with van der Waals surface area (Å²) in [5, 5.41) is 3.49. The maximum Gasteiger partial charge on any atom is 0.129 e. The van der Waals surface area contributed by atoms with E-state index in [2.05, 4.69) is 28.2 Å². The molecule has 2 atom stereocenters. The first-order valence-electron chi connectivity index (χ1n) is 6.99. The molecule has 4 heteroatoms. The van der Waals surface area contributed by atoms with Crippen molar-refractivity contribution < 1.29 is 9.13 Å². The number of nitrogens with one attached hydrogen (secondary N) is 1. The molecule has 0 bridgehead atoms. The van der Waals surface area contributed by atoms with E-state index in [-0.39, 0.29) is 11.9 Å². The lowest BCUT2D eigenvalue weighted by molar-refractivity contribution is 0.0384. The molecule has 1 saturated heterocycles. The lowest BCUT2D eigenvalue weighted by Crippen LogP contribution is -2.34. The molecule has 1 aromatic carbocycles. The minimum absolute atomic E-state index is 0.0239. The van der Waals surface area contributed by atoms with Crippen molar-refractivity contribution in [2.75, 3.05) is 19.8 Å². The summed E-state index contributed by atoms with van der Waals surface area (Å²) in [5.41, 5.74) is 0.742. The fourth-order valence-electron chi connectivity index (χ4n) is 2.64. The van der Waals surface area contributed by atoms with Crippen molar-refractivity contribution in [3.05, 3.63) is 34.1 Å². The molecule has 0 amide bonds. The van der Waals surface area contributed by atoms with Gasteiger partial charge in [0.2, 0.25) is 0 Å². The van der Waals surface area contributed by atoms with E-state index in [4.69, 9.17) is 4.74 Å². The van der Waals surface area contributed by atoms with E-state index >= 15 is 0 Å². The van der Waals surface area contributed by atoms with Crippen LogP contribution in [0.3, 0.4) is 0 Å². The molecule has 0 aromatic heterocycles. The highest BCUT2D eigenvalue weighted by Crippen LogP contribution is 2.34. The number of rotatable bonds is 5. The van der Waals surface area contributed by atoms with E-state index in [1.165, 1.54) is 6.07 Å². The van der Waals surface area contributed by atoms with Crippen LogP contribution < -0.4 is 5.32 Å². The van der Waals surface area contributed by atoms with Crippen LogP contribution in [0.1, 0.15) is 37.8 Å². The zero-order valence-corrected chi connectivity index (χ0v) is 12.9. The SMILES string of the molecule is CCCNC(c1c(F)cccc1Br)C1CCCOC1. The number of ether oxygens (including phenoxy) is 1. The summed E-state index contributed by atoms with van der Waals surface area (Å²) >= 11 is 3.49. The fourth-order valence-corrected chi connectivity index (χ4v) is 3.23. The standard InChI is InChI=1S/C15H21BrFNO/c1-2-8-18-15(11-5-4-9-19-10-11)14-12(16)6-3-7-13(14)17/h3,6-7,11,15,18H,2,4-5,8-10H2,1H3. The first-order valence-corrected chi connectivity index (χ1v) is 7.78. The third-order valence-corrected chi connectivity index (χ3v) is 4.28. The molecule has 1 aliphatic heterocycles. The van der Waals surface area contributed by atoms with Gasteiger partial charge in [-0.15, -0.1) is 0 Å². The highest BCUT2D eigenvalue weighted by molar-refractivity contribution is 9.10. The Kier molecular flexibility index (Phi) is 5.79. The molecule has 0 radical (unpaired) electrons. The number of halogens is 2. The van der Waals surface area contributed by atoms with E-state index in [0.717, 1.165) is 42.5 Å². The average Bonchev–Trinajstić information content (AvgIpc) is 2.43. The Bertz CT molecular complexity index is 387. The van der Waals surface area contributed by atoms with Crippen molar-refractivity contribution in [1.29, 1.82) is 0 Å². The molecule has 1 heterocycles. The Morgan fingerprint density at radius 2 is 2.37 bits per heavy atom. The third-order valence-electron chi connectivity index (χ3n) is 3.59. The van der Waals surface area contributed by atoms with Gasteiger partial charge < -0.3 is 10.1 Å². The molecule has 106 valence electrons. The van der Waals surface area contributed by atoms with Gasteiger partial charge in [0.1, 0.15) is 5.82 Å². The van der Waals surface area contributed by atoms with Crippen LogP contribution in [0.4, 0.5) is 4.39 Å². The van der Waals surface area contributed by atoms with Gasteiger partial charge >= 0.3 is 0 Å². The van der Waals surface area contributed by atoms with Crippen molar-refractivity contribution in [3.8, 4) is 0 Å². The second kappa shape index (κ2) is 7.36. The Balaban J connectivity index is 2.25. The van der Waals surface area contributed by atoms with E-state index in [1.54, 1.807) is 6.07 Å². The van der Waals surface area contributed by atoms with Crippen LogP contribution in [0.2, 0.25) is 0 Å². The molecular weight excluding hydrogens is 309 g/mol. The van der Waals surface area contributed by atoms with Crippen LogP contribution in [0, 0.1) is 11.7 Å². The zero-order valence-electron chi connectivity index (χ0n) is 11.3. The highest BCUT2D eigenvalue weighted by atomic mass is 79.9. The number of hydrogen-bond donors (Lipinski definition) is 1. The smallest absolute Gasteiger partial charge is 0.129 e. The van der Waals surface area contributed by atoms with Crippen LogP contribution in [-0.4, -0.2) is 19.8 Å². The molecular formula is C15H21BrFNO. The van der Waals surface area contributed by atoms with Gasteiger partial charge in [0, 0.05) is 28.6 Å². The monoisotopic (exact) mass is 329 g/mol. The van der Waals surface area contributed by atoms with E-state index < -0.39 is 0 Å². The molecule has 1 aliphatic rings. The van der Waals surface area contributed by atoms with Crippen molar-refractivity contribution in [3.63, 3.8) is 0 Å². The van der Waals surface area contributed by atoms with E-state index in [0.29, 0.717) is 12.5 Å². The summed E-state index contributed by atoms with van der Waals surface area (Å²) in [4.78, 5) is 0. The summed E-state index contributed by atoms with van der Waals surface area (Å²) in [6.45, 7) is 4.55. The van der Waals surface area contributed by atoms with Crippen molar-refractivity contribution >= 4 is 15.9 Å². The fraction of sp³-hybridized carbons (Fsp3) is 0.600. The van der Waals surface area contributed by atoms with Crippen LogP contribution >= 0.6 is 15.9 Å². The van der Waals surface area contributed by atoms with Gasteiger partial charge in [0.15, 0.2) is 0 Å². The second-order valence-electron chi connectivity index (χ2n) is 5.04. The van der Waals surface area contributed by atoms with Gasteiger partial charge in [0.05, 0.1) is 6.61 Å². The average molecular weight is 330 g/mol. The first kappa shape index (κ1) is 14.9. The van der Waals surface area contributed by atoms with Crippen LogP contribution in [0.25, 0.3) is 0 Å². The van der Waals surface area contributed by atoms with Crippen LogP contribution in [0.5, 0.6) is 0 Å². The summed E-state index contributed by atoms with van der Waals surface area (Å²) < 4.78 is 20.6. The summed E-state index contributed by atoms with van der Waals surface area (Å²) in [7, 11) is 0. The quantitative estimate of drug-likeness (QED) is 0.879. The molecule has 1 aromatic rings. The number of benzene rings is 1. The Morgan fingerprint density at radius 3 is 3.00 bits per heavy atom. The predicted octanol–water partition coefficient (Wildman–Crippen LogP) is 4.06. The lowest BCUT2D eigenvalue weighted by Gasteiger charge is -2.32. The van der Waals surface area contributed by atoms with Crippen LogP contribution in [0.15, 0.2) is 22.7 Å². The molecule has 2 unspecified atom stereocenters. The topological polar surface area (TPSA) is 21.3 Å². The molecule has 19 heavy (non-hydrogen) atoms. The van der Waals surface area contributed by atoms with Gasteiger partial charge in [-0.1, -0.05) is 28.9 Å². The third kappa shape index (κ3) is 3.77. The van der Waals surface area contributed by atoms with Gasteiger partial charge in [-0.05, 0) is 37.9 Å². The summed E-state index contributed by atoms with van der Waals surface area (Å²) in [6, 6.07) is 5.19. The summed E-state index contributed by atoms with van der Waals surface area (Å²) in [5.74, 6) is 0.196. The zero-order chi connectivity index (χ0) is 13.7. The molecule has 0 spiro atoms. The van der Waals surface area contributed by atoms with Gasteiger partial charge in [-0.2, -0.15) is 0 Å². The minimum Gasteiger partial charge on any atom is -0.381 e. The highest BCUT2D eigenvalue weighted by Gasteiger charge is 2.28. The Labute approximate surface area is 122 Å². The largest absolute Gasteiger partial charge is 0.381 e. The van der Waals surface area contributed by atoms with Crippen molar-refractivity contribution in [1.82, 2.24) is 5.32 Å². The second-order valence-corrected chi connectivity index (χ2v) is 5.90. The maximum absolute atomic E-state index is 14.2. The van der Waals surface area contributed by atoms with E-state index in [1.807, 2.05) is 6.07 Å². The van der Waals surface area contributed by atoms with Gasteiger partial charge in [-0.25, -0.2) is 4.39 Å². The molecule has 2 nitrogen and oxygen atoms in total. The lowest BCUT2D eigenvalue weighted by atomic mass is 9.88. The van der Waals surface area contributed by atoms with Crippen LogP contribution in [-0.2, 0) is 4.74 Å². The maximum atomic E-state index is 14.2. The van der Waals surface area contributed by atoms with E-state index in [9.17, 15) is 4.39 Å². The van der Waals surface area contributed by atoms with Gasteiger partial charge in [0.25, 0.3) is 0 Å². The first-order chi connectivity index (χ1) is 9.24. The van der Waals surface area contributed by atoms with Crippen molar-refractivity contribution in [2.24, 2.45) is 5.92 Å². The molecule has 1 fully saturated rings. The Morgan fingerprint density at radius 1 is 1.53 bits per heavy atom. The Hall–Kier alpha value is -0.450. The number of hydrogen-bond acceptors (Lipinski definition) is 2. The molecule has 0 saturated carbocycles. The minimum atomic E-state index is -0.145. The summed E-state index contributed by atoms with van der Waals surface area (Å²) in [6.07, 6.45) is 3.18. The van der Waals surface area contributed by atoms with Crippen molar-refractivity contribution in [2.45, 2.75) is 32.2 Å². The molecule has 2 rings (SSSR count). The molecule has 1 N–H and O–H groups in total. The van der Waals surface area contributed by atoms with Gasteiger partial charge in [-0.3, -0.25) is 0 Å². The predicted molar refractivity (Wildman–Crippen MR) is 78.7 cm³/mol. The molecule has 0 aliphatic carbocycles.